The van der Waals surface area contributed by atoms with Crippen LogP contribution < -0.4 is 0 Å². The van der Waals surface area contributed by atoms with Gasteiger partial charge in [0.1, 0.15) is 24.0 Å². The van der Waals surface area contributed by atoms with Gasteiger partial charge in [0, 0.05) is 5.02 Å². The summed E-state index contributed by atoms with van der Waals surface area (Å²) in [7, 11) is 2.39. The van der Waals surface area contributed by atoms with Gasteiger partial charge in [-0.2, -0.15) is 0 Å². The Balaban J connectivity index is 1.62. The minimum atomic E-state index is -1.23. The van der Waals surface area contributed by atoms with Gasteiger partial charge in [-0.05, 0) is 84.9 Å². The third-order valence-electron chi connectivity index (χ3n) is 10.9. The maximum Gasteiger partial charge on any atom is 0.328 e. The Labute approximate surface area is 303 Å². The van der Waals surface area contributed by atoms with Crippen LogP contribution in [-0.2, 0) is 38.2 Å². The quantitative estimate of drug-likeness (QED) is 0.170. The number of carbonyl (C=O) groups excluding carboxylic acids is 5. The van der Waals surface area contributed by atoms with E-state index in [0.717, 1.165) is 18.9 Å². The highest BCUT2D eigenvalue weighted by Crippen LogP contribution is 2.49. The van der Waals surface area contributed by atoms with Crippen molar-refractivity contribution in [3.8, 4) is 0 Å². The Hall–Kier alpha value is -4.25. The second-order valence-electron chi connectivity index (χ2n) is 14.3. The van der Waals surface area contributed by atoms with Crippen molar-refractivity contribution < 1.29 is 42.6 Å². The average Bonchev–Trinajstić information content (AvgIpc) is 3.71. The smallest absolute Gasteiger partial charge is 0.328 e. The summed E-state index contributed by atoms with van der Waals surface area (Å²) in [6.45, 7) is 9.95. The molecule has 3 aliphatic rings. The Morgan fingerprint density at radius 3 is 1.88 bits per heavy atom. The lowest BCUT2D eigenvalue weighted by Crippen LogP contribution is -2.47. The molecule has 1 aliphatic carbocycles. The first-order valence-electron chi connectivity index (χ1n) is 17.4. The maximum atomic E-state index is 15.2. The molecule has 2 amide bonds. The highest BCUT2D eigenvalue weighted by molar-refractivity contribution is 6.30. The second kappa shape index (κ2) is 16.0. The molecule has 9 atom stereocenters. The van der Waals surface area contributed by atoms with Crippen molar-refractivity contribution in [1.82, 2.24) is 9.80 Å². The normalized spacial score (nSPS) is 29.1. The van der Waals surface area contributed by atoms with Gasteiger partial charge in [0.2, 0.25) is 11.8 Å². The van der Waals surface area contributed by atoms with E-state index in [2.05, 4.69) is 27.4 Å². The van der Waals surface area contributed by atoms with Gasteiger partial charge in [0.05, 0.1) is 38.1 Å². The molecule has 0 radical (unpaired) electrons. The van der Waals surface area contributed by atoms with Crippen molar-refractivity contribution in [2.24, 2.45) is 29.6 Å². The number of esters is 3. The molecule has 1 saturated carbocycles. The van der Waals surface area contributed by atoms with Crippen LogP contribution in [0.5, 0.6) is 0 Å². The highest BCUT2D eigenvalue weighted by Gasteiger charge is 2.57. The largest absolute Gasteiger partial charge is 0.467 e. The average molecular weight is 725 g/mol. The maximum absolute atomic E-state index is 15.2. The summed E-state index contributed by atoms with van der Waals surface area (Å²) in [5, 5.41) is 0.417. The summed E-state index contributed by atoms with van der Waals surface area (Å²) in [4.78, 5) is 72.2. The Kier molecular flexibility index (Phi) is 11.9. The third kappa shape index (κ3) is 7.68. The van der Waals surface area contributed by atoms with E-state index < -0.39 is 71.5 Å². The van der Waals surface area contributed by atoms with Gasteiger partial charge in [-0.15, -0.1) is 0 Å². The van der Waals surface area contributed by atoms with Gasteiger partial charge in [-0.1, -0.05) is 69.6 Å². The summed E-state index contributed by atoms with van der Waals surface area (Å²) in [5.74, 6) is -5.10. The second-order valence-corrected chi connectivity index (χ2v) is 14.7. The molecule has 2 aromatic rings. The Morgan fingerprint density at radius 1 is 0.804 bits per heavy atom. The lowest BCUT2D eigenvalue weighted by atomic mass is 9.75. The van der Waals surface area contributed by atoms with Crippen LogP contribution in [-0.4, -0.2) is 71.9 Å². The lowest BCUT2D eigenvalue weighted by Gasteiger charge is -2.38. The number of rotatable bonds is 9. The van der Waals surface area contributed by atoms with Gasteiger partial charge >= 0.3 is 17.9 Å². The molecular weight excluding hydrogens is 679 g/mol. The van der Waals surface area contributed by atoms with Crippen molar-refractivity contribution >= 4 is 41.3 Å². The van der Waals surface area contributed by atoms with Gasteiger partial charge in [-0.25, -0.2) is 14.0 Å². The van der Waals surface area contributed by atoms with Crippen molar-refractivity contribution in [1.29, 1.82) is 0 Å². The third-order valence-corrected chi connectivity index (χ3v) is 11.1. The number of likely N-dealkylation sites (tertiary alicyclic amines) is 2. The first kappa shape index (κ1) is 38.0. The molecule has 2 heterocycles. The first-order valence-corrected chi connectivity index (χ1v) is 17.8. The zero-order valence-corrected chi connectivity index (χ0v) is 30.4. The monoisotopic (exact) mass is 724 g/mol. The molecule has 5 rings (SSSR count). The molecule has 0 aromatic heterocycles. The van der Waals surface area contributed by atoms with Crippen molar-refractivity contribution in [2.45, 2.75) is 83.1 Å². The van der Waals surface area contributed by atoms with E-state index in [1.807, 2.05) is 0 Å². The Bertz CT molecular complexity index is 1630. The van der Waals surface area contributed by atoms with Crippen molar-refractivity contribution in [3.63, 3.8) is 0 Å². The van der Waals surface area contributed by atoms with E-state index in [0.29, 0.717) is 28.5 Å². The van der Waals surface area contributed by atoms with Gasteiger partial charge in [-0.3, -0.25) is 14.4 Å². The van der Waals surface area contributed by atoms with E-state index in [1.54, 1.807) is 24.3 Å². The highest BCUT2D eigenvalue weighted by atomic mass is 35.5. The number of hydrogen-bond donors (Lipinski definition) is 0. The first-order chi connectivity index (χ1) is 24.3. The molecule has 2 saturated heterocycles. The van der Waals surface area contributed by atoms with Crippen LogP contribution in [0.1, 0.15) is 76.1 Å². The number of methoxy groups -OCH3 is 2. The minimum Gasteiger partial charge on any atom is -0.467 e. The van der Waals surface area contributed by atoms with E-state index in [-0.39, 0.29) is 30.8 Å². The molecule has 10 nitrogen and oxygen atoms in total. The van der Waals surface area contributed by atoms with Crippen molar-refractivity contribution in [3.05, 3.63) is 83.2 Å². The summed E-state index contributed by atoms with van der Waals surface area (Å²) < 4.78 is 30.8. The fourth-order valence-electron chi connectivity index (χ4n) is 8.36. The zero-order chi connectivity index (χ0) is 37.1. The van der Waals surface area contributed by atoms with Crippen LogP contribution in [0.3, 0.4) is 0 Å². The van der Waals surface area contributed by atoms with Gasteiger partial charge in [0.25, 0.3) is 0 Å². The number of ether oxygens (including phenoxy) is 3. The minimum absolute atomic E-state index is 0.109. The molecule has 3 fully saturated rings. The molecular formula is C39H46ClFN2O8. The predicted octanol–water partition coefficient (Wildman–Crippen LogP) is 6.23. The molecule has 274 valence electrons. The summed E-state index contributed by atoms with van der Waals surface area (Å²) in [5.41, 5.74) is 0.925. The summed E-state index contributed by atoms with van der Waals surface area (Å²) >= 11 is 6.20. The van der Waals surface area contributed by atoms with Gasteiger partial charge in [0.15, 0.2) is 0 Å². The predicted molar refractivity (Wildman–Crippen MR) is 186 cm³/mol. The molecule has 0 spiro atoms. The fourth-order valence-corrected chi connectivity index (χ4v) is 8.49. The van der Waals surface area contributed by atoms with Crippen LogP contribution in [0, 0.1) is 35.4 Å². The molecule has 2 aliphatic heterocycles. The SMILES string of the molecule is C=CC(=O)N1[C@@H](C(=O)OC)C[C@@H](C(=O)N2[C@H](C(=O)OC)C[C@H](C(=O)O[C@@H]3C[C@H](C)CC[C@H]3C(C)C)[C@@H]2c2ccc(F)cc2)[C@H]1c1ccc(Cl)cc1. The standard InChI is InChI=1S/C39H46ClFN2O8/c1-7-33(44)42-30(38(47)49-5)19-28(34(42)23-9-13-25(40)14-10-23)36(45)43-31(39(48)50-6)20-29(35(43)24-11-15-26(41)16-12-24)37(46)51-32-18-22(4)8-17-27(32)21(2)3/h7,9-16,21-22,27-32,34-35H,1,8,17-20H2,2-6H3/t22-,27+,28-,29+,30-,31+,32-,34-,35+/m1/s1. The molecule has 2 aromatic carbocycles. The zero-order valence-electron chi connectivity index (χ0n) is 29.6. The van der Waals surface area contributed by atoms with Crippen LogP contribution >= 0.6 is 11.6 Å². The number of benzene rings is 2. The van der Waals surface area contributed by atoms with Crippen molar-refractivity contribution in [2.75, 3.05) is 14.2 Å². The number of amides is 2. The van der Waals surface area contributed by atoms with E-state index in [9.17, 15) is 23.6 Å². The Morgan fingerprint density at radius 2 is 1.33 bits per heavy atom. The number of carbonyl (C=O) groups is 5. The van der Waals surface area contributed by atoms with Crippen LogP contribution in [0.25, 0.3) is 0 Å². The topological polar surface area (TPSA) is 120 Å². The van der Waals surface area contributed by atoms with Crippen LogP contribution in [0.15, 0.2) is 61.2 Å². The summed E-state index contributed by atoms with van der Waals surface area (Å²) in [6.07, 6.45) is 3.08. The fraction of sp³-hybridized carbons (Fsp3) is 0.513. The van der Waals surface area contributed by atoms with Crippen LogP contribution in [0.2, 0.25) is 5.02 Å². The van der Waals surface area contributed by atoms with Crippen LogP contribution in [0.4, 0.5) is 4.39 Å². The van der Waals surface area contributed by atoms with E-state index in [4.69, 9.17) is 25.8 Å². The molecule has 0 unspecified atom stereocenters. The molecule has 0 bridgehead atoms. The molecule has 12 heteroatoms. The number of nitrogens with zero attached hydrogens (tertiary/aromatic N) is 2. The lowest BCUT2D eigenvalue weighted by molar-refractivity contribution is -0.162. The molecule has 0 N–H and O–H groups in total. The molecule has 51 heavy (non-hydrogen) atoms. The number of hydrogen-bond acceptors (Lipinski definition) is 8. The van der Waals surface area contributed by atoms with Gasteiger partial charge < -0.3 is 24.0 Å². The number of halogens is 2. The van der Waals surface area contributed by atoms with E-state index in [1.165, 1.54) is 48.3 Å². The van der Waals surface area contributed by atoms with E-state index >= 15 is 4.79 Å². The summed E-state index contributed by atoms with van der Waals surface area (Å²) in [6, 6.07) is 7.51.